The van der Waals surface area contributed by atoms with Gasteiger partial charge in [0.1, 0.15) is 0 Å². The lowest BCUT2D eigenvalue weighted by molar-refractivity contribution is -0.131. The second-order valence-corrected chi connectivity index (χ2v) is 9.27. The third-order valence-electron chi connectivity index (χ3n) is 5.51. The number of amides is 2. The Kier molecular flexibility index (Phi) is 6.43. The monoisotopic (exact) mass is 456 g/mol. The van der Waals surface area contributed by atoms with Gasteiger partial charge < -0.3 is 15.1 Å². The standard InChI is InChI=1S/C23H25ClN4O2S/c1-15-3-6-18(24)14-20(15)27-9-11-28(12-10-27)22(30)8-5-17-4-7-19-21(13-17)31-23(26-19)25-16(2)29/h3-4,6-7,13-14H,5,8-12H2,1-2H3,(H,25,26,29). The lowest BCUT2D eigenvalue weighted by Gasteiger charge is -2.37. The molecule has 0 aliphatic carbocycles. The molecule has 0 atom stereocenters. The van der Waals surface area contributed by atoms with Gasteiger partial charge in [-0.2, -0.15) is 0 Å². The van der Waals surface area contributed by atoms with Gasteiger partial charge in [0.15, 0.2) is 5.13 Å². The van der Waals surface area contributed by atoms with Crippen molar-refractivity contribution < 1.29 is 9.59 Å². The van der Waals surface area contributed by atoms with Gasteiger partial charge >= 0.3 is 0 Å². The summed E-state index contributed by atoms with van der Waals surface area (Å²) in [5.74, 6) is 0.0568. The number of rotatable bonds is 5. The summed E-state index contributed by atoms with van der Waals surface area (Å²) in [4.78, 5) is 32.6. The Balaban J connectivity index is 1.32. The molecule has 1 aliphatic heterocycles. The van der Waals surface area contributed by atoms with Crippen molar-refractivity contribution in [2.24, 2.45) is 0 Å². The molecule has 1 N–H and O–H groups in total. The van der Waals surface area contributed by atoms with Crippen molar-refractivity contribution >= 4 is 55.8 Å². The number of piperazine rings is 1. The highest BCUT2D eigenvalue weighted by Gasteiger charge is 2.22. The van der Waals surface area contributed by atoms with E-state index in [1.54, 1.807) is 0 Å². The summed E-state index contributed by atoms with van der Waals surface area (Å²) in [7, 11) is 0. The first-order valence-electron chi connectivity index (χ1n) is 10.3. The number of aromatic nitrogens is 1. The summed E-state index contributed by atoms with van der Waals surface area (Å²) < 4.78 is 1.01. The molecule has 1 aliphatic rings. The number of thiazole rings is 1. The van der Waals surface area contributed by atoms with Crippen LogP contribution in [0.1, 0.15) is 24.5 Å². The molecule has 0 spiro atoms. The van der Waals surface area contributed by atoms with Crippen LogP contribution in [0.25, 0.3) is 10.2 Å². The van der Waals surface area contributed by atoms with Gasteiger partial charge in [0.25, 0.3) is 0 Å². The van der Waals surface area contributed by atoms with E-state index in [9.17, 15) is 9.59 Å². The number of hydrogen-bond donors (Lipinski definition) is 1. The van der Waals surface area contributed by atoms with Crippen LogP contribution < -0.4 is 10.2 Å². The fraction of sp³-hybridized carbons (Fsp3) is 0.348. The van der Waals surface area contributed by atoms with E-state index < -0.39 is 0 Å². The molecule has 1 saturated heterocycles. The zero-order valence-corrected chi connectivity index (χ0v) is 19.2. The van der Waals surface area contributed by atoms with Gasteiger partial charge in [-0.3, -0.25) is 9.59 Å². The Hall–Kier alpha value is -2.64. The van der Waals surface area contributed by atoms with Gasteiger partial charge in [0.2, 0.25) is 11.8 Å². The molecule has 1 aromatic heterocycles. The van der Waals surface area contributed by atoms with Crippen molar-refractivity contribution in [3.8, 4) is 0 Å². The molecule has 0 radical (unpaired) electrons. The SMILES string of the molecule is CC(=O)Nc1nc2ccc(CCC(=O)N3CCN(c4cc(Cl)ccc4C)CC3)cc2s1. The number of carbonyl (C=O) groups is 2. The minimum Gasteiger partial charge on any atom is -0.368 e. The van der Waals surface area contributed by atoms with Crippen LogP contribution in [0.5, 0.6) is 0 Å². The first kappa shape index (κ1) is 21.6. The summed E-state index contributed by atoms with van der Waals surface area (Å²) in [6, 6.07) is 12.0. The third-order valence-corrected chi connectivity index (χ3v) is 6.68. The molecule has 162 valence electrons. The van der Waals surface area contributed by atoms with Crippen LogP contribution in [0.4, 0.5) is 10.8 Å². The van der Waals surface area contributed by atoms with Gasteiger partial charge in [0.05, 0.1) is 10.2 Å². The molecule has 2 amide bonds. The predicted molar refractivity (Wildman–Crippen MR) is 127 cm³/mol. The molecule has 31 heavy (non-hydrogen) atoms. The normalized spacial score (nSPS) is 14.2. The minimum absolute atomic E-state index is 0.129. The second kappa shape index (κ2) is 9.24. The number of carbonyl (C=O) groups excluding carboxylic acids is 2. The summed E-state index contributed by atoms with van der Waals surface area (Å²) in [6.07, 6.45) is 1.18. The zero-order valence-electron chi connectivity index (χ0n) is 17.7. The Bertz CT molecular complexity index is 1120. The molecule has 2 aromatic carbocycles. The quantitative estimate of drug-likeness (QED) is 0.614. The van der Waals surface area contributed by atoms with Crippen LogP contribution >= 0.6 is 22.9 Å². The molecular weight excluding hydrogens is 432 g/mol. The molecule has 4 rings (SSSR count). The van der Waals surface area contributed by atoms with Crippen LogP contribution in [-0.4, -0.2) is 47.9 Å². The number of nitrogens with zero attached hydrogens (tertiary/aromatic N) is 3. The highest BCUT2D eigenvalue weighted by Crippen LogP contribution is 2.28. The van der Waals surface area contributed by atoms with E-state index in [1.807, 2.05) is 35.2 Å². The van der Waals surface area contributed by atoms with Crippen LogP contribution in [0, 0.1) is 6.92 Å². The predicted octanol–water partition coefficient (Wildman–Crippen LogP) is 4.50. The van der Waals surface area contributed by atoms with E-state index in [0.717, 1.165) is 52.7 Å². The lowest BCUT2D eigenvalue weighted by Crippen LogP contribution is -2.49. The molecule has 2 heterocycles. The van der Waals surface area contributed by atoms with E-state index in [1.165, 1.54) is 23.8 Å². The molecular formula is C23H25ClN4O2S. The van der Waals surface area contributed by atoms with E-state index in [0.29, 0.717) is 18.0 Å². The molecule has 0 saturated carbocycles. The Labute approximate surface area is 190 Å². The molecule has 8 heteroatoms. The van der Waals surface area contributed by atoms with E-state index in [2.05, 4.69) is 28.2 Å². The third kappa shape index (κ3) is 5.17. The molecule has 3 aromatic rings. The molecule has 6 nitrogen and oxygen atoms in total. The van der Waals surface area contributed by atoms with Crippen LogP contribution in [0.2, 0.25) is 5.02 Å². The van der Waals surface area contributed by atoms with Crippen LogP contribution in [0.3, 0.4) is 0 Å². The summed E-state index contributed by atoms with van der Waals surface area (Å²) in [5, 5.41) is 4.06. The number of benzene rings is 2. The van der Waals surface area contributed by atoms with Crippen molar-refractivity contribution in [1.82, 2.24) is 9.88 Å². The Morgan fingerprint density at radius 3 is 2.65 bits per heavy atom. The van der Waals surface area contributed by atoms with Gasteiger partial charge in [-0.05, 0) is 48.7 Å². The Morgan fingerprint density at radius 2 is 1.90 bits per heavy atom. The number of halogens is 1. The molecule has 0 bridgehead atoms. The van der Waals surface area contributed by atoms with Gasteiger partial charge in [0, 0.05) is 50.2 Å². The number of anilines is 2. The van der Waals surface area contributed by atoms with Crippen molar-refractivity contribution in [2.45, 2.75) is 26.7 Å². The molecule has 1 fully saturated rings. The first-order valence-corrected chi connectivity index (χ1v) is 11.5. The number of nitrogens with one attached hydrogen (secondary N) is 1. The van der Waals surface area contributed by atoms with Crippen molar-refractivity contribution in [3.63, 3.8) is 0 Å². The molecule has 0 unspecified atom stereocenters. The van der Waals surface area contributed by atoms with Gasteiger partial charge in [-0.1, -0.05) is 35.1 Å². The summed E-state index contributed by atoms with van der Waals surface area (Å²) in [5.41, 5.74) is 4.31. The fourth-order valence-corrected chi connectivity index (χ4v) is 5.00. The van der Waals surface area contributed by atoms with Gasteiger partial charge in [-0.15, -0.1) is 0 Å². The average Bonchev–Trinajstić information content (AvgIpc) is 3.14. The number of hydrogen-bond acceptors (Lipinski definition) is 5. The number of fused-ring (bicyclic) bond motifs is 1. The number of aryl methyl sites for hydroxylation is 2. The maximum absolute atomic E-state index is 12.8. The second-order valence-electron chi connectivity index (χ2n) is 7.80. The van der Waals surface area contributed by atoms with Crippen molar-refractivity contribution in [1.29, 1.82) is 0 Å². The van der Waals surface area contributed by atoms with E-state index in [-0.39, 0.29) is 11.8 Å². The minimum atomic E-state index is -0.129. The highest BCUT2D eigenvalue weighted by molar-refractivity contribution is 7.22. The maximum Gasteiger partial charge on any atom is 0.223 e. The first-order chi connectivity index (χ1) is 14.9. The average molecular weight is 457 g/mol. The van der Waals surface area contributed by atoms with Crippen LogP contribution in [-0.2, 0) is 16.0 Å². The van der Waals surface area contributed by atoms with Crippen molar-refractivity contribution in [2.75, 3.05) is 36.4 Å². The topological polar surface area (TPSA) is 65.5 Å². The fourth-order valence-electron chi connectivity index (χ4n) is 3.86. The lowest BCUT2D eigenvalue weighted by atomic mass is 10.1. The van der Waals surface area contributed by atoms with Gasteiger partial charge in [-0.25, -0.2) is 4.98 Å². The summed E-state index contributed by atoms with van der Waals surface area (Å²) >= 11 is 7.61. The largest absolute Gasteiger partial charge is 0.368 e. The zero-order chi connectivity index (χ0) is 22.0. The maximum atomic E-state index is 12.8. The van der Waals surface area contributed by atoms with Crippen LogP contribution in [0.15, 0.2) is 36.4 Å². The van der Waals surface area contributed by atoms with E-state index >= 15 is 0 Å². The van der Waals surface area contributed by atoms with Crippen molar-refractivity contribution in [3.05, 3.63) is 52.5 Å². The smallest absolute Gasteiger partial charge is 0.223 e. The highest BCUT2D eigenvalue weighted by atomic mass is 35.5. The summed E-state index contributed by atoms with van der Waals surface area (Å²) in [6.45, 7) is 6.62. The Morgan fingerprint density at radius 1 is 1.13 bits per heavy atom. The van der Waals surface area contributed by atoms with E-state index in [4.69, 9.17) is 11.6 Å².